The van der Waals surface area contributed by atoms with Crippen LogP contribution in [-0.2, 0) is 47.5 Å². The quantitative estimate of drug-likeness (QED) is 0.183. The molecule has 17 unspecified atom stereocenters. The minimum atomic E-state index is -1.93. The van der Waals surface area contributed by atoms with Gasteiger partial charge in [0.15, 0.2) is 12.1 Å². The Morgan fingerprint density at radius 1 is 0.933 bits per heavy atom. The van der Waals surface area contributed by atoms with Gasteiger partial charge in [0.1, 0.15) is 36.6 Å². The fraction of sp³-hybridized carbons (Fsp3) is 0.783. The Balaban J connectivity index is 2.01. The minimum Gasteiger partial charge on any atom is -0.490 e. The van der Waals surface area contributed by atoms with E-state index in [-0.39, 0.29) is 47.7 Å². The molecule has 0 aliphatic carbocycles. The summed E-state index contributed by atoms with van der Waals surface area (Å²) in [5, 5.41) is 45.8. The van der Waals surface area contributed by atoms with Gasteiger partial charge in [0.25, 0.3) is 0 Å². The third-order valence-electron chi connectivity index (χ3n) is 12.5. The van der Waals surface area contributed by atoms with Crippen LogP contribution in [0.25, 0.3) is 0 Å². The lowest BCUT2D eigenvalue weighted by Gasteiger charge is -2.51. The van der Waals surface area contributed by atoms with Crippen molar-refractivity contribution in [2.75, 3.05) is 21.3 Å². The number of allylic oxidation sites excluding steroid dienone is 5. The van der Waals surface area contributed by atoms with Crippen molar-refractivity contribution >= 4 is 11.9 Å². The van der Waals surface area contributed by atoms with E-state index < -0.39 is 90.9 Å². The molecule has 0 aromatic heterocycles. The number of esters is 2. The predicted molar refractivity (Wildman–Crippen MR) is 225 cm³/mol. The van der Waals surface area contributed by atoms with E-state index in [1.165, 1.54) is 21.3 Å². The molecule has 0 bridgehead atoms. The Bertz CT molecular complexity index is 1520. The lowest BCUT2D eigenvalue weighted by atomic mass is 9.76. The highest BCUT2D eigenvalue weighted by molar-refractivity contribution is 5.87. The van der Waals surface area contributed by atoms with E-state index in [4.69, 9.17) is 37.9 Å². The Kier molecular flexibility index (Phi) is 19.5. The van der Waals surface area contributed by atoms with Crippen molar-refractivity contribution in [1.29, 1.82) is 0 Å². The number of cyclic esters (lactones) is 1. The third kappa shape index (κ3) is 12.7. The summed E-state index contributed by atoms with van der Waals surface area (Å²) in [5.41, 5.74) is 1.71. The molecule has 344 valence electrons. The zero-order chi connectivity index (χ0) is 45.4. The molecule has 0 spiro atoms. The van der Waals surface area contributed by atoms with Crippen LogP contribution in [0.2, 0.25) is 0 Å². The molecule has 3 aliphatic rings. The van der Waals surface area contributed by atoms with Gasteiger partial charge in [-0.25, -0.2) is 4.79 Å². The molecule has 60 heavy (non-hydrogen) atoms. The van der Waals surface area contributed by atoms with Gasteiger partial charge >= 0.3 is 11.9 Å². The van der Waals surface area contributed by atoms with Gasteiger partial charge in [0.05, 0.1) is 37.4 Å². The highest BCUT2D eigenvalue weighted by Gasteiger charge is 2.54. The minimum absolute atomic E-state index is 0.0430. The van der Waals surface area contributed by atoms with Crippen LogP contribution >= 0.6 is 0 Å². The summed E-state index contributed by atoms with van der Waals surface area (Å²) in [7, 11) is 4.24. The number of rotatable bonds is 12. The lowest BCUT2D eigenvalue weighted by molar-refractivity contribution is -0.362. The summed E-state index contributed by atoms with van der Waals surface area (Å²) in [6, 6.07) is 0. The van der Waals surface area contributed by atoms with E-state index in [1.807, 2.05) is 66.7 Å². The van der Waals surface area contributed by atoms with Crippen LogP contribution in [0.15, 0.2) is 47.3 Å². The maximum absolute atomic E-state index is 14.0. The SMILES string of the molecule is COC1=CC(C)=CC(C)C(OC(=O)C(C)C)C(C)CC(C)=CC=CC(OC)C(C(C)C(O)C(C)C2(O)CC(OC3OC(C)C(O)C(O)C3OC)C(C)C(C(C)C)O2)OC1=O. The fourth-order valence-electron chi connectivity index (χ4n) is 8.71. The van der Waals surface area contributed by atoms with Gasteiger partial charge in [0, 0.05) is 44.3 Å². The number of carbonyl (C=O) groups is 2. The first-order valence-corrected chi connectivity index (χ1v) is 21.5. The van der Waals surface area contributed by atoms with Crippen molar-refractivity contribution in [3.8, 4) is 0 Å². The van der Waals surface area contributed by atoms with Crippen LogP contribution in [0.4, 0.5) is 0 Å². The molecule has 3 heterocycles. The Morgan fingerprint density at radius 3 is 2.15 bits per heavy atom. The lowest BCUT2D eigenvalue weighted by Crippen LogP contribution is -2.62. The van der Waals surface area contributed by atoms with Crippen molar-refractivity contribution < 1.29 is 67.9 Å². The van der Waals surface area contributed by atoms with Crippen LogP contribution in [0.1, 0.15) is 95.9 Å². The highest BCUT2D eigenvalue weighted by atomic mass is 16.7. The highest BCUT2D eigenvalue weighted by Crippen LogP contribution is 2.44. The standard InChI is InChI=1S/C46H76O14/c1-23(2)39-29(9)35(57-45-42(55-15)38(49)37(48)32(12)56-45)22-46(52,60-39)31(11)36(47)30(10)41-33(53-13)18-16-17-25(5)19-27(7)40(58-43(50)24(3)4)28(8)20-26(6)21-34(54-14)44(51)59-41/h16-18,20-21,23-24,27-33,35-42,45,47-49,52H,19,22H2,1-15H3. The summed E-state index contributed by atoms with van der Waals surface area (Å²) < 4.78 is 48.1. The van der Waals surface area contributed by atoms with Gasteiger partial charge in [-0.2, -0.15) is 0 Å². The summed E-state index contributed by atoms with van der Waals surface area (Å²) in [6.07, 6.45) is -0.594. The Morgan fingerprint density at radius 2 is 1.58 bits per heavy atom. The number of hydrogen-bond donors (Lipinski definition) is 4. The smallest absolute Gasteiger partial charge is 0.373 e. The summed E-state index contributed by atoms with van der Waals surface area (Å²) in [6.45, 7) is 22.3. The van der Waals surface area contributed by atoms with Crippen LogP contribution in [0.3, 0.4) is 0 Å². The molecule has 0 aromatic carbocycles. The molecule has 14 nitrogen and oxygen atoms in total. The maximum Gasteiger partial charge on any atom is 0.373 e. The zero-order valence-corrected chi connectivity index (χ0v) is 38.6. The van der Waals surface area contributed by atoms with Crippen molar-refractivity contribution in [2.45, 2.75) is 169 Å². The van der Waals surface area contributed by atoms with Gasteiger partial charge in [-0.05, 0) is 45.1 Å². The molecule has 17 atom stereocenters. The molecule has 0 amide bonds. The average molecular weight is 853 g/mol. The van der Waals surface area contributed by atoms with Gasteiger partial charge in [-0.3, -0.25) is 4.79 Å². The number of aliphatic hydroxyl groups is 4. The zero-order valence-electron chi connectivity index (χ0n) is 38.6. The van der Waals surface area contributed by atoms with E-state index in [9.17, 15) is 30.0 Å². The van der Waals surface area contributed by atoms with Gasteiger partial charge in [0.2, 0.25) is 5.76 Å². The maximum atomic E-state index is 14.0. The molecule has 0 radical (unpaired) electrons. The van der Waals surface area contributed by atoms with Crippen molar-refractivity contribution in [3.05, 3.63) is 47.3 Å². The van der Waals surface area contributed by atoms with E-state index in [2.05, 4.69) is 0 Å². The number of carbonyl (C=O) groups excluding carboxylic acids is 2. The van der Waals surface area contributed by atoms with Crippen molar-refractivity contribution in [1.82, 2.24) is 0 Å². The van der Waals surface area contributed by atoms with Gasteiger partial charge < -0.3 is 58.3 Å². The summed E-state index contributed by atoms with van der Waals surface area (Å²) in [4.78, 5) is 26.7. The average Bonchev–Trinajstić information content (AvgIpc) is 3.18. The number of methoxy groups -OCH3 is 3. The molecular formula is C46H76O14. The molecule has 3 rings (SSSR count). The second-order valence-electron chi connectivity index (χ2n) is 18.1. The monoisotopic (exact) mass is 853 g/mol. The summed E-state index contributed by atoms with van der Waals surface area (Å²) in [5.74, 6) is -5.78. The van der Waals surface area contributed by atoms with E-state index >= 15 is 0 Å². The molecule has 0 saturated carbocycles. The Labute approximate surface area is 358 Å². The number of aliphatic hydroxyl groups excluding tert-OH is 3. The topological polar surface area (TPSA) is 189 Å². The molecule has 2 saturated heterocycles. The van der Waals surface area contributed by atoms with Gasteiger partial charge in [-0.15, -0.1) is 0 Å². The molecule has 14 heteroatoms. The first kappa shape index (κ1) is 51.7. The largest absolute Gasteiger partial charge is 0.490 e. The third-order valence-corrected chi connectivity index (χ3v) is 12.5. The summed E-state index contributed by atoms with van der Waals surface area (Å²) >= 11 is 0. The molecule has 0 aromatic rings. The fourth-order valence-corrected chi connectivity index (χ4v) is 8.71. The molecule has 2 fully saturated rings. The van der Waals surface area contributed by atoms with Crippen LogP contribution < -0.4 is 0 Å². The first-order chi connectivity index (χ1) is 28.0. The molecule has 4 N–H and O–H groups in total. The predicted octanol–water partition coefficient (Wildman–Crippen LogP) is 5.41. The first-order valence-electron chi connectivity index (χ1n) is 21.5. The number of ether oxygens (including phenoxy) is 8. The molecule has 3 aliphatic heterocycles. The van der Waals surface area contributed by atoms with Crippen LogP contribution in [0, 0.1) is 41.4 Å². The van der Waals surface area contributed by atoms with E-state index in [0.29, 0.717) is 12.0 Å². The molecular weight excluding hydrogens is 776 g/mol. The number of hydrogen-bond acceptors (Lipinski definition) is 14. The second kappa shape index (κ2) is 22.6. The van der Waals surface area contributed by atoms with Crippen LogP contribution in [0.5, 0.6) is 0 Å². The van der Waals surface area contributed by atoms with Gasteiger partial charge in [-0.1, -0.05) is 97.8 Å². The normalized spacial score (nSPS) is 38.0. The van der Waals surface area contributed by atoms with Crippen molar-refractivity contribution in [3.63, 3.8) is 0 Å². The van der Waals surface area contributed by atoms with Crippen molar-refractivity contribution in [2.24, 2.45) is 41.4 Å². The second-order valence-corrected chi connectivity index (χ2v) is 18.1. The van der Waals surface area contributed by atoms with E-state index in [1.54, 1.807) is 46.8 Å². The van der Waals surface area contributed by atoms with E-state index in [0.717, 1.165) is 5.57 Å². The van der Waals surface area contributed by atoms with Crippen LogP contribution in [-0.4, -0.2) is 127 Å². The Hall–Kier alpha value is -2.66.